The smallest absolute Gasteiger partial charge is 0.283 e. The fourth-order valence-corrected chi connectivity index (χ4v) is 11.0. The molecule has 7 aromatic rings. The average Bonchev–Trinajstić information content (AvgIpc) is 3.95. The second-order valence-electron chi connectivity index (χ2n) is 17.5. The molecular weight excluding hydrogens is 889 g/mol. The Labute approximate surface area is 403 Å². The first-order chi connectivity index (χ1) is 33.5. The molecule has 3 aliphatic carbocycles. The number of nitrogen functional groups attached to an aromatic ring is 1. The largest absolute Gasteiger partial charge is 0.497 e. The number of nitrogens with zero attached hydrogens (tertiary/aromatic N) is 4. The first kappa shape index (κ1) is 46.5. The standard InChI is InChI=1S/C28H27N3O4S.C27H29N3O3/c1-19-10-12-24(13-11-19)36(32,33)31-26-18-28(15-14-25(26)27(29)30-31,20-6-4-8-22(16-20)34-2)21-7-5-9-23(17-21)35-3;1-31-21-11-5-9-19(15-21)27(20-10-6-12-22(16-20)32-2)14-13-23-24(17-27)28-29-26(23)25(30-33-3)18-7-4-8-18/h4-17H,18H2,1-3H3,(H2,29,30);5-6,9-16,18H,4,7-8,17H2,1-3H3,(H,28,29). The maximum Gasteiger partial charge on any atom is 0.283 e. The number of fused-ring (bicyclic) bond motifs is 2. The van der Waals surface area contributed by atoms with Crippen LogP contribution in [-0.4, -0.2) is 69.1 Å². The highest BCUT2D eigenvalue weighted by Crippen LogP contribution is 2.46. The number of oxime groups is 1. The number of aryl methyl sites for hydroxylation is 1. The monoisotopic (exact) mass is 944 g/mol. The van der Waals surface area contributed by atoms with Gasteiger partial charge in [-0.05, 0) is 103 Å². The maximum atomic E-state index is 13.7. The predicted molar refractivity (Wildman–Crippen MR) is 269 cm³/mol. The van der Waals surface area contributed by atoms with Crippen molar-refractivity contribution < 1.29 is 32.2 Å². The third-order valence-corrected chi connectivity index (χ3v) is 15.3. The van der Waals surface area contributed by atoms with E-state index < -0.39 is 20.9 Å². The number of H-pyrrole nitrogens is 1. The zero-order valence-electron chi connectivity index (χ0n) is 39.6. The number of anilines is 1. The molecule has 0 aliphatic heterocycles. The van der Waals surface area contributed by atoms with Crippen LogP contribution in [0.15, 0.2) is 144 Å². The van der Waals surface area contributed by atoms with E-state index in [1.54, 1.807) is 59.8 Å². The van der Waals surface area contributed by atoms with Gasteiger partial charge in [0.15, 0.2) is 5.82 Å². The van der Waals surface area contributed by atoms with Gasteiger partial charge >= 0.3 is 0 Å². The molecule has 0 radical (unpaired) electrons. The predicted octanol–water partition coefficient (Wildman–Crippen LogP) is 9.72. The van der Waals surface area contributed by atoms with Crippen molar-refractivity contribution in [2.75, 3.05) is 41.3 Å². The zero-order valence-corrected chi connectivity index (χ0v) is 40.4. The molecule has 0 amide bonds. The number of nitrogens with one attached hydrogen (secondary N) is 1. The molecule has 0 saturated heterocycles. The molecular formula is C55H56N6O7S. The van der Waals surface area contributed by atoms with Crippen LogP contribution in [0.4, 0.5) is 5.82 Å². The van der Waals surface area contributed by atoms with Crippen molar-refractivity contribution in [3.8, 4) is 23.0 Å². The van der Waals surface area contributed by atoms with Gasteiger partial charge in [0.2, 0.25) is 0 Å². The number of hydrogen-bond acceptors (Lipinski definition) is 11. The van der Waals surface area contributed by atoms with Crippen LogP contribution in [0.5, 0.6) is 23.0 Å². The van der Waals surface area contributed by atoms with Crippen LogP contribution in [-0.2, 0) is 38.5 Å². The molecule has 0 atom stereocenters. The van der Waals surface area contributed by atoms with Gasteiger partial charge in [-0.3, -0.25) is 5.10 Å². The minimum Gasteiger partial charge on any atom is -0.497 e. The summed E-state index contributed by atoms with van der Waals surface area (Å²) in [5.41, 5.74) is 15.4. The van der Waals surface area contributed by atoms with Crippen molar-refractivity contribution in [2.45, 2.75) is 54.8 Å². The molecule has 5 aromatic carbocycles. The highest BCUT2D eigenvalue weighted by Gasteiger charge is 2.41. The fraction of sp³-hybridized carbons (Fsp3) is 0.255. The van der Waals surface area contributed by atoms with Crippen molar-refractivity contribution >= 4 is 33.7 Å². The van der Waals surface area contributed by atoms with Gasteiger partial charge in [-0.1, -0.05) is 102 Å². The van der Waals surface area contributed by atoms with Crippen molar-refractivity contribution in [3.05, 3.63) is 190 Å². The molecule has 0 spiro atoms. The second-order valence-corrected chi connectivity index (χ2v) is 19.3. The molecule has 1 fully saturated rings. The normalized spacial score (nSPS) is 15.7. The van der Waals surface area contributed by atoms with E-state index in [-0.39, 0.29) is 10.7 Å². The fourth-order valence-electron chi connectivity index (χ4n) is 9.64. The third-order valence-electron chi connectivity index (χ3n) is 13.7. The number of rotatable bonds is 13. The van der Waals surface area contributed by atoms with Crippen molar-refractivity contribution in [1.29, 1.82) is 0 Å². The minimum absolute atomic E-state index is 0.154. The van der Waals surface area contributed by atoms with Gasteiger partial charge in [0, 0.05) is 46.4 Å². The van der Waals surface area contributed by atoms with Gasteiger partial charge < -0.3 is 29.5 Å². The molecule has 69 heavy (non-hydrogen) atoms. The molecule has 3 N–H and O–H groups in total. The molecule has 1 saturated carbocycles. The number of benzene rings is 5. The van der Waals surface area contributed by atoms with Crippen molar-refractivity contribution in [3.63, 3.8) is 0 Å². The summed E-state index contributed by atoms with van der Waals surface area (Å²) in [7, 11) is 4.27. The summed E-state index contributed by atoms with van der Waals surface area (Å²) in [5, 5.41) is 16.7. The Morgan fingerprint density at radius 2 is 1.16 bits per heavy atom. The van der Waals surface area contributed by atoms with Gasteiger partial charge in [0.1, 0.15) is 41.5 Å². The van der Waals surface area contributed by atoms with Gasteiger partial charge in [-0.25, -0.2) is 0 Å². The Morgan fingerprint density at radius 3 is 1.61 bits per heavy atom. The Hall–Kier alpha value is -7.58. The highest BCUT2D eigenvalue weighted by molar-refractivity contribution is 7.89. The highest BCUT2D eigenvalue weighted by atomic mass is 32.2. The van der Waals surface area contributed by atoms with E-state index in [4.69, 9.17) is 34.6 Å². The lowest BCUT2D eigenvalue weighted by atomic mass is 9.68. The molecule has 2 heterocycles. The summed E-state index contributed by atoms with van der Waals surface area (Å²) in [5.74, 6) is 3.65. The number of ether oxygens (including phenoxy) is 4. The number of hydrogen-bond donors (Lipinski definition) is 2. The quantitative estimate of drug-likeness (QED) is 0.0840. The first-order valence-electron chi connectivity index (χ1n) is 22.8. The number of aromatic nitrogens is 4. The summed E-state index contributed by atoms with van der Waals surface area (Å²) in [4.78, 5) is 5.34. The molecule has 3 aliphatic rings. The Bertz CT molecular complexity index is 3110. The van der Waals surface area contributed by atoms with E-state index in [2.05, 4.69) is 57.8 Å². The second kappa shape index (κ2) is 19.2. The van der Waals surface area contributed by atoms with Crippen LogP contribution in [0.25, 0.3) is 12.2 Å². The molecule has 2 aromatic heterocycles. The average molecular weight is 945 g/mol. The van der Waals surface area contributed by atoms with E-state index in [1.165, 1.54) is 6.42 Å². The summed E-state index contributed by atoms with van der Waals surface area (Å²) >= 11 is 0. The molecule has 354 valence electrons. The number of nitrogens with two attached hydrogens (primary N) is 1. The molecule has 10 rings (SSSR count). The molecule has 14 heteroatoms. The van der Waals surface area contributed by atoms with Crippen LogP contribution in [0, 0.1) is 12.8 Å². The van der Waals surface area contributed by atoms with E-state index in [9.17, 15) is 8.42 Å². The van der Waals surface area contributed by atoms with E-state index in [0.29, 0.717) is 35.1 Å². The maximum absolute atomic E-state index is 13.7. The van der Waals surface area contributed by atoms with Crippen LogP contribution in [0.2, 0.25) is 0 Å². The summed E-state index contributed by atoms with van der Waals surface area (Å²) in [6.45, 7) is 1.91. The lowest BCUT2D eigenvalue weighted by molar-refractivity contribution is 0.208. The number of aromatic amines is 1. The lowest BCUT2D eigenvalue weighted by Gasteiger charge is -2.35. The molecule has 0 unspecified atom stereocenters. The van der Waals surface area contributed by atoms with Crippen LogP contribution in [0.1, 0.15) is 75.3 Å². The van der Waals surface area contributed by atoms with E-state index >= 15 is 0 Å². The molecule has 13 nitrogen and oxygen atoms in total. The Balaban J connectivity index is 0.000000172. The Morgan fingerprint density at radius 1 is 0.681 bits per heavy atom. The Kier molecular flexibility index (Phi) is 12.9. The van der Waals surface area contributed by atoms with Gasteiger partial charge in [0.25, 0.3) is 10.0 Å². The first-order valence-corrected chi connectivity index (χ1v) is 24.3. The summed E-state index contributed by atoms with van der Waals surface area (Å²) in [6, 6.07) is 38.8. The number of allylic oxidation sites excluding steroid dienone is 2. The van der Waals surface area contributed by atoms with Gasteiger partial charge in [0.05, 0.1) is 39.0 Å². The summed E-state index contributed by atoms with van der Waals surface area (Å²) < 4.78 is 50.6. The van der Waals surface area contributed by atoms with Gasteiger partial charge in [-0.2, -0.15) is 17.6 Å². The van der Waals surface area contributed by atoms with Crippen molar-refractivity contribution in [2.24, 2.45) is 11.1 Å². The topological polar surface area (TPSA) is 165 Å². The SMILES string of the molecule is CON=C(c1n[nH]c2c1C=CC(c1cccc(OC)c1)(c1cccc(OC)c1)C2)C1CCC1.COc1cccc(C2(c3cccc(OC)c3)C=Cc3c(N)nn(S(=O)(=O)c4ccc(C)cc4)c3C2)c1. The third kappa shape index (κ3) is 8.65. The van der Waals surface area contributed by atoms with Crippen LogP contribution >= 0.6 is 0 Å². The van der Waals surface area contributed by atoms with Crippen molar-refractivity contribution in [1.82, 2.24) is 19.4 Å². The van der Waals surface area contributed by atoms with E-state index in [1.807, 2.05) is 85.8 Å². The van der Waals surface area contributed by atoms with Crippen LogP contribution < -0.4 is 24.7 Å². The lowest BCUT2D eigenvalue weighted by Crippen LogP contribution is -2.32. The zero-order chi connectivity index (χ0) is 48.3. The van der Waals surface area contributed by atoms with Gasteiger partial charge in [-0.15, -0.1) is 5.10 Å². The number of methoxy groups -OCH3 is 4. The van der Waals surface area contributed by atoms with E-state index in [0.717, 1.165) is 85.3 Å². The summed E-state index contributed by atoms with van der Waals surface area (Å²) in [6.07, 6.45) is 12.9. The van der Waals surface area contributed by atoms with Crippen LogP contribution in [0.3, 0.4) is 0 Å². The molecule has 0 bridgehead atoms. The minimum atomic E-state index is -3.97.